The number of anilines is 1. The summed E-state index contributed by atoms with van der Waals surface area (Å²) in [7, 11) is 0. The van der Waals surface area contributed by atoms with Crippen LogP contribution in [0.5, 0.6) is 5.88 Å². The van der Waals surface area contributed by atoms with Gasteiger partial charge < -0.3 is 9.64 Å². The lowest BCUT2D eigenvalue weighted by atomic mass is 10.1. The molecule has 3 rings (SSSR count). The van der Waals surface area contributed by atoms with E-state index in [9.17, 15) is 4.79 Å². The van der Waals surface area contributed by atoms with E-state index in [1.165, 1.54) is 0 Å². The Morgan fingerprint density at radius 3 is 3.00 bits per heavy atom. The first-order valence-corrected chi connectivity index (χ1v) is 7.28. The van der Waals surface area contributed by atoms with Crippen LogP contribution in [0.15, 0.2) is 30.5 Å². The highest BCUT2D eigenvalue weighted by molar-refractivity contribution is 6.07. The minimum Gasteiger partial charge on any atom is -0.477 e. The normalized spacial score (nSPS) is 13.4. The number of amides is 1. The van der Waals surface area contributed by atoms with Crippen molar-refractivity contribution in [3.63, 3.8) is 0 Å². The summed E-state index contributed by atoms with van der Waals surface area (Å²) in [4.78, 5) is 14.6. The molecule has 5 heteroatoms. The average Bonchev–Trinajstić information content (AvgIpc) is 2.93. The second kappa shape index (κ2) is 5.60. The number of aromatic nitrogens is 2. The molecule has 0 bridgehead atoms. The lowest BCUT2D eigenvalue weighted by Crippen LogP contribution is -2.31. The molecule has 0 aliphatic carbocycles. The molecule has 1 aliphatic heterocycles. The van der Waals surface area contributed by atoms with Crippen LogP contribution in [0.25, 0.3) is 0 Å². The molecule has 21 heavy (non-hydrogen) atoms. The first-order valence-electron chi connectivity index (χ1n) is 7.28. The van der Waals surface area contributed by atoms with Gasteiger partial charge in [-0.15, -0.1) is 0 Å². The Kier molecular flexibility index (Phi) is 3.64. The summed E-state index contributed by atoms with van der Waals surface area (Å²) >= 11 is 0. The molecule has 1 aromatic carbocycles. The Bertz CT molecular complexity index is 663. The van der Waals surface area contributed by atoms with E-state index in [0.717, 1.165) is 24.2 Å². The van der Waals surface area contributed by atoms with E-state index in [4.69, 9.17) is 4.74 Å². The Balaban J connectivity index is 1.97. The lowest BCUT2D eigenvalue weighted by molar-refractivity contribution is 0.0981. The summed E-state index contributed by atoms with van der Waals surface area (Å²) in [5.41, 5.74) is 2.55. The van der Waals surface area contributed by atoms with Gasteiger partial charge in [-0.25, -0.2) is 4.68 Å². The van der Waals surface area contributed by atoms with Crippen molar-refractivity contribution in [3.8, 4) is 5.88 Å². The van der Waals surface area contributed by atoms with E-state index in [-0.39, 0.29) is 5.91 Å². The van der Waals surface area contributed by atoms with Crippen molar-refractivity contribution in [2.24, 2.45) is 0 Å². The summed E-state index contributed by atoms with van der Waals surface area (Å²) in [6.07, 6.45) is 2.54. The molecule has 2 heterocycles. The number of benzene rings is 1. The Morgan fingerprint density at radius 2 is 2.24 bits per heavy atom. The molecule has 0 saturated carbocycles. The monoisotopic (exact) mass is 285 g/mol. The van der Waals surface area contributed by atoms with Gasteiger partial charge in [0.05, 0.1) is 12.8 Å². The third kappa shape index (κ3) is 2.39. The van der Waals surface area contributed by atoms with E-state index in [0.29, 0.717) is 24.6 Å². The van der Waals surface area contributed by atoms with Crippen LogP contribution < -0.4 is 9.64 Å². The molecule has 1 amide bonds. The minimum absolute atomic E-state index is 0.0602. The van der Waals surface area contributed by atoms with E-state index in [1.54, 1.807) is 15.8 Å². The number of rotatable bonds is 3. The molecular formula is C16H19N3O2. The molecule has 1 aliphatic rings. The van der Waals surface area contributed by atoms with Crippen molar-refractivity contribution in [2.75, 3.05) is 18.1 Å². The van der Waals surface area contributed by atoms with Gasteiger partial charge in [0.1, 0.15) is 5.56 Å². The molecule has 0 radical (unpaired) electrons. The zero-order chi connectivity index (χ0) is 14.8. The number of nitrogens with zero attached hydrogens (tertiary/aromatic N) is 3. The number of hydrogen-bond acceptors (Lipinski definition) is 3. The Morgan fingerprint density at radius 1 is 1.43 bits per heavy atom. The van der Waals surface area contributed by atoms with Crippen molar-refractivity contribution in [2.45, 2.75) is 26.8 Å². The van der Waals surface area contributed by atoms with Gasteiger partial charge in [0.2, 0.25) is 5.88 Å². The number of aryl methyl sites for hydroxylation is 2. The fraction of sp³-hybridized carbons (Fsp3) is 0.375. The average molecular weight is 285 g/mol. The molecule has 0 spiro atoms. The lowest BCUT2D eigenvalue weighted by Gasteiger charge is -2.23. The minimum atomic E-state index is -0.0602. The topological polar surface area (TPSA) is 47.4 Å². The molecular weight excluding hydrogens is 266 g/mol. The molecule has 1 aromatic heterocycles. The first kappa shape index (κ1) is 13.7. The summed E-state index contributed by atoms with van der Waals surface area (Å²) < 4.78 is 7.40. The van der Waals surface area contributed by atoms with Crippen molar-refractivity contribution >= 4 is 11.6 Å². The van der Waals surface area contributed by atoms with Crippen molar-refractivity contribution in [1.82, 2.24) is 9.78 Å². The Hall–Kier alpha value is -2.30. The van der Waals surface area contributed by atoms with Crippen LogP contribution in [0.1, 0.15) is 29.3 Å². The van der Waals surface area contributed by atoms with Crippen LogP contribution in [0.2, 0.25) is 0 Å². The first-order chi connectivity index (χ1) is 10.2. The third-order valence-electron chi connectivity index (χ3n) is 3.74. The van der Waals surface area contributed by atoms with Crippen LogP contribution in [0.4, 0.5) is 5.69 Å². The fourth-order valence-electron chi connectivity index (χ4n) is 2.65. The van der Waals surface area contributed by atoms with Gasteiger partial charge >= 0.3 is 0 Å². The molecule has 110 valence electrons. The van der Waals surface area contributed by atoms with Crippen molar-refractivity contribution in [1.29, 1.82) is 0 Å². The van der Waals surface area contributed by atoms with E-state index in [1.807, 2.05) is 38.1 Å². The zero-order valence-corrected chi connectivity index (χ0v) is 12.4. The number of carbonyl (C=O) groups is 1. The fourth-order valence-corrected chi connectivity index (χ4v) is 2.65. The highest BCUT2D eigenvalue weighted by atomic mass is 16.5. The third-order valence-corrected chi connectivity index (χ3v) is 3.74. The highest BCUT2D eigenvalue weighted by Gasteiger charge is 2.26. The van der Waals surface area contributed by atoms with Crippen LogP contribution >= 0.6 is 0 Å². The molecule has 0 fully saturated rings. The number of fused-ring (bicyclic) bond motifs is 1. The summed E-state index contributed by atoms with van der Waals surface area (Å²) in [6, 6.07) is 7.90. The van der Waals surface area contributed by atoms with E-state index in [2.05, 4.69) is 5.10 Å². The SMILES string of the molecule is CCN(C(=O)c1cnn2c1OCCC2)c1ccccc1C. The molecule has 0 unspecified atom stereocenters. The summed E-state index contributed by atoms with van der Waals surface area (Å²) in [5, 5.41) is 4.25. The van der Waals surface area contributed by atoms with E-state index >= 15 is 0 Å². The quantitative estimate of drug-likeness (QED) is 0.871. The van der Waals surface area contributed by atoms with Crippen LogP contribution in [-0.2, 0) is 6.54 Å². The van der Waals surface area contributed by atoms with E-state index < -0.39 is 0 Å². The standard InChI is InChI=1S/C16H19N3O2/c1-3-18(14-8-5-4-7-12(14)2)15(20)13-11-17-19-9-6-10-21-16(13)19/h4-5,7-8,11H,3,6,9-10H2,1-2H3. The van der Waals surface area contributed by atoms with Gasteiger partial charge in [-0.2, -0.15) is 5.10 Å². The van der Waals surface area contributed by atoms with Gasteiger partial charge in [0.25, 0.3) is 5.91 Å². The molecule has 0 saturated heterocycles. The number of carbonyl (C=O) groups excluding carboxylic acids is 1. The van der Waals surface area contributed by atoms with Gasteiger partial charge in [-0.1, -0.05) is 18.2 Å². The molecule has 2 aromatic rings. The smallest absolute Gasteiger partial charge is 0.265 e. The van der Waals surface area contributed by atoms with Crippen LogP contribution in [0, 0.1) is 6.92 Å². The van der Waals surface area contributed by atoms with Gasteiger partial charge in [0.15, 0.2) is 0 Å². The van der Waals surface area contributed by atoms with Gasteiger partial charge in [0, 0.05) is 25.2 Å². The van der Waals surface area contributed by atoms with Crippen molar-refractivity contribution in [3.05, 3.63) is 41.6 Å². The maximum Gasteiger partial charge on any atom is 0.265 e. The predicted octanol–water partition coefficient (Wildman–Crippen LogP) is 2.64. The second-order valence-corrected chi connectivity index (χ2v) is 5.12. The van der Waals surface area contributed by atoms with Gasteiger partial charge in [-0.3, -0.25) is 4.79 Å². The number of ether oxygens (including phenoxy) is 1. The maximum absolute atomic E-state index is 12.9. The summed E-state index contributed by atoms with van der Waals surface area (Å²) in [5.74, 6) is 0.535. The van der Waals surface area contributed by atoms with Crippen molar-refractivity contribution < 1.29 is 9.53 Å². The summed E-state index contributed by atoms with van der Waals surface area (Å²) in [6.45, 7) is 6.03. The molecule has 0 N–H and O–H groups in total. The maximum atomic E-state index is 12.9. The van der Waals surface area contributed by atoms with Gasteiger partial charge in [-0.05, 0) is 25.5 Å². The largest absolute Gasteiger partial charge is 0.477 e. The number of hydrogen-bond donors (Lipinski definition) is 0. The molecule has 0 atom stereocenters. The molecule has 5 nitrogen and oxygen atoms in total. The van der Waals surface area contributed by atoms with Crippen LogP contribution in [0.3, 0.4) is 0 Å². The predicted molar refractivity (Wildman–Crippen MR) is 80.9 cm³/mol. The number of para-hydroxylation sites is 1. The van der Waals surface area contributed by atoms with Crippen LogP contribution in [-0.4, -0.2) is 28.8 Å². The Labute approximate surface area is 124 Å². The second-order valence-electron chi connectivity index (χ2n) is 5.12. The zero-order valence-electron chi connectivity index (χ0n) is 12.4. The highest BCUT2D eigenvalue weighted by Crippen LogP contribution is 2.27.